The van der Waals surface area contributed by atoms with Crippen LogP contribution < -0.4 is 5.32 Å². The summed E-state index contributed by atoms with van der Waals surface area (Å²) in [4.78, 5) is 10.6. The standard InChI is InChI=1S/C16H17ClN2O2/c17-15-9-8-14(16(11-15)19(20)21)12-18-10-4-7-13-5-2-1-3-6-13/h1-3,5-6,8-9,11,18H,4,7,10,12H2. The molecule has 5 heteroatoms. The Morgan fingerprint density at radius 2 is 1.90 bits per heavy atom. The molecular formula is C16H17ClN2O2. The Morgan fingerprint density at radius 1 is 1.14 bits per heavy atom. The van der Waals surface area contributed by atoms with Crippen molar-refractivity contribution in [2.24, 2.45) is 0 Å². The number of nitro benzene ring substituents is 1. The first-order valence-electron chi connectivity index (χ1n) is 6.84. The lowest BCUT2D eigenvalue weighted by molar-refractivity contribution is -0.385. The van der Waals surface area contributed by atoms with Gasteiger partial charge in [-0.1, -0.05) is 41.9 Å². The molecule has 0 aromatic heterocycles. The molecule has 0 saturated heterocycles. The second-order valence-electron chi connectivity index (χ2n) is 4.80. The van der Waals surface area contributed by atoms with E-state index in [0.29, 0.717) is 17.1 Å². The molecule has 2 aromatic rings. The number of hydrogen-bond acceptors (Lipinski definition) is 3. The van der Waals surface area contributed by atoms with Gasteiger partial charge in [-0.05, 0) is 37.1 Å². The average molecular weight is 305 g/mol. The molecule has 0 unspecified atom stereocenters. The Bertz CT molecular complexity index is 602. The van der Waals surface area contributed by atoms with Gasteiger partial charge in [0.2, 0.25) is 0 Å². The Balaban J connectivity index is 1.80. The molecule has 2 aromatic carbocycles. The number of benzene rings is 2. The van der Waals surface area contributed by atoms with Gasteiger partial charge < -0.3 is 5.32 Å². The summed E-state index contributed by atoms with van der Waals surface area (Å²) in [6, 6.07) is 15.0. The van der Waals surface area contributed by atoms with Crippen molar-refractivity contribution >= 4 is 17.3 Å². The van der Waals surface area contributed by atoms with Crippen molar-refractivity contribution in [1.29, 1.82) is 0 Å². The molecular weight excluding hydrogens is 288 g/mol. The van der Waals surface area contributed by atoms with Gasteiger partial charge in [0.1, 0.15) is 0 Å². The third-order valence-corrected chi connectivity index (χ3v) is 3.46. The van der Waals surface area contributed by atoms with Crippen molar-refractivity contribution in [3.8, 4) is 0 Å². The average Bonchev–Trinajstić information content (AvgIpc) is 2.49. The lowest BCUT2D eigenvalue weighted by Crippen LogP contribution is -2.16. The van der Waals surface area contributed by atoms with E-state index in [2.05, 4.69) is 17.4 Å². The maximum absolute atomic E-state index is 11.0. The minimum atomic E-state index is -0.396. The number of nitro groups is 1. The van der Waals surface area contributed by atoms with Gasteiger partial charge in [-0.2, -0.15) is 0 Å². The van der Waals surface area contributed by atoms with E-state index in [1.807, 2.05) is 18.2 Å². The number of hydrogen-bond donors (Lipinski definition) is 1. The summed E-state index contributed by atoms with van der Waals surface area (Å²) < 4.78 is 0. The van der Waals surface area contributed by atoms with Gasteiger partial charge in [0, 0.05) is 23.2 Å². The molecule has 2 rings (SSSR count). The summed E-state index contributed by atoms with van der Waals surface area (Å²) in [5.74, 6) is 0. The summed E-state index contributed by atoms with van der Waals surface area (Å²) in [6.07, 6.45) is 1.99. The van der Waals surface area contributed by atoms with Crippen molar-refractivity contribution in [2.45, 2.75) is 19.4 Å². The predicted octanol–water partition coefficient (Wildman–Crippen LogP) is 3.97. The number of nitrogens with one attached hydrogen (secondary N) is 1. The van der Waals surface area contributed by atoms with Crippen LogP contribution in [0.2, 0.25) is 5.02 Å². The van der Waals surface area contributed by atoms with Crippen LogP contribution in [0.15, 0.2) is 48.5 Å². The van der Waals surface area contributed by atoms with Crippen molar-refractivity contribution in [3.63, 3.8) is 0 Å². The lowest BCUT2D eigenvalue weighted by Gasteiger charge is -2.06. The number of rotatable bonds is 7. The Hall–Kier alpha value is -1.91. The van der Waals surface area contributed by atoms with E-state index < -0.39 is 4.92 Å². The largest absolute Gasteiger partial charge is 0.312 e. The van der Waals surface area contributed by atoms with Crippen LogP contribution in [0.25, 0.3) is 0 Å². The third-order valence-electron chi connectivity index (χ3n) is 3.22. The quantitative estimate of drug-likeness (QED) is 0.478. The van der Waals surface area contributed by atoms with Gasteiger partial charge in [0.05, 0.1) is 4.92 Å². The molecule has 0 radical (unpaired) electrons. The highest BCUT2D eigenvalue weighted by molar-refractivity contribution is 6.30. The van der Waals surface area contributed by atoms with E-state index in [9.17, 15) is 10.1 Å². The van der Waals surface area contributed by atoms with Gasteiger partial charge in [-0.3, -0.25) is 10.1 Å². The molecule has 0 aliphatic rings. The van der Waals surface area contributed by atoms with E-state index in [1.165, 1.54) is 11.6 Å². The fourth-order valence-electron chi connectivity index (χ4n) is 2.14. The van der Waals surface area contributed by atoms with Gasteiger partial charge in [0.15, 0.2) is 0 Å². The molecule has 4 nitrogen and oxygen atoms in total. The molecule has 1 N–H and O–H groups in total. The molecule has 0 atom stereocenters. The van der Waals surface area contributed by atoms with Crippen molar-refractivity contribution in [2.75, 3.05) is 6.54 Å². The summed E-state index contributed by atoms with van der Waals surface area (Å²) in [7, 11) is 0. The van der Waals surface area contributed by atoms with Crippen molar-refractivity contribution in [3.05, 3.63) is 74.8 Å². The normalized spacial score (nSPS) is 10.5. The first-order chi connectivity index (χ1) is 10.2. The van der Waals surface area contributed by atoms with Crippen molar-refractivity contribution in [1.82, 2.24) is 5.32 Å². The topological polar surface area (TPSA) is 55.2 Å². The van der Waals surface area contributed by atoms with Gasteiger partial charge in [-0.15, -0.1) is 0 Å². The van der Waals surface area contributed by atoms with Crippen LogP contribution in [0.5, 0.6) is 0 Å². The molecule has 21 heavy (non-hydrogen) atoms. The zero-order chi connectivity index (χ0) is 15.1. The van der Waals surface area contributed by atoms with E-state index in [0.717, 1.165) is 19.4 Å². The summed E-state index contributed by atoms with van der Waals surface area (Å²) in [6.45, 7) is 1.29. The summed E-state index contributed by atoms with van der Waals surface area (Å²) >= 11 is 5.79. The smallest absolute Gasteiger partial charge is 0.275 e. The van der Waals surface area contributed by atoms with Crippen LogP contribution in [0.1, 0.15) is 17.5 Å². The second kappa shape index (κ2) is 7.76. The zero-order valence-corrected chi connectivity index (χ0v) is 12.3. The second-order valence-corrected chi connectivity index (χ2v) is 5.23. The molecule has 0 aliphatic carbocycles. The SMILES string of the molecule is O=[N+]([O-])c1cc(Cl)ccc1CNCCCc1ccccc1. The number of aryl methyl sites for hydroxylation is 1. The van der Waals surface area contributed by atoms with Crippen LogP contribution in [0.3, 0.4) is 0 Å². The maximum Gasteiger partial charge on any atom is 0.275 e. The highest BCUT2D eigenvalue weighted by Crippen LogP contribution is 2.22. The fourth-order valence-corrected chi connectivity index (χ4v) is 2.31. The third kappa shape index (κ3) is 4.85. The number of nitrogens with zero attached hydrogens (tertiary/aromatic N) is 1. The Labute approximate surface area is 128 Å². The highest BCUT2D eigenvalue weighted by atomic mass is 35.5. The molecule has 0 saturated carbocycles. The highest BCUT2D eigenvalue weighted by Gasteiger charge is 2.13. The molecule has 0 bridgehead atoms. The molecule has 0 aliphatic heterocycles. The molecule has 0 fully saturated rings. The van der Waals surface area contributed by atoms with Gasteiger partial charge in [0.25, 0.3) is 5.69 Å². The zero-order valence-electron chi connectivity index (χ0n) is 11.6. The Morgan fingerprint density at radius 3 is 2.62 bits per heavy atom. The van der Waals surface area contributed by atoms with E-state index in [4.69, 9.17) is 11.6 Å². The minimum absolute atomic E-state index is 0.0676. The summed E-state index contributed by atoms with van der Waals surface area (Å²) in [5.41, 5.74) is 2.03. The van der Waals surface area contributed by atoms with Gasteiger partial charge >= 0.3 is 0 Å². The molecule has 0 heterocycles. The summed E-state index contributed by atoms with van der Waals surface area (Å²) in [5, 5.41) is 14.6. The molecule has 110 valence electrons. The monoisotopic (exact) mass is 304 g/mol. The van der Waals surface area contributed by atoms with Crippen LogP contribution in [0.4, 0.5) is 5.69 Å². The van der Waals surface area contributed by atoms with Crippen molar-refractivity contribution < 1.29 is 4.92 Å². The van der Waals surface area contributed by atoms with E-state index >= 15 is 0 Å². The van der Waals surface area contributed by atoms with Crippen LogP contribution in [-0.2, 0) is 13.0 Å². The van der Waals surface area contributed by atoms with Gasteiger partial charge in [-0.25, -0.2) is 0 Å². The first kappa shape index (κ1) is 15.5. The minimum Gasteiger partial charge on any atom is -0.312 e. The Kier molecular flexibility index (Phi) is 5.72. The van der Waals surface area contributed by atoms with E-state index in [1.54, 1.807) is 12.1 Å². The number of halogens is 1. The maximum atomic E-state index is 11.0. The van der Waals surface area contributed by atoms with E-state index in [-0.39, 0.29) is 5.69 Å². The van der Waals surface area contributed by atoms with Crippen LogP contribution >= 0.6 is 11.6 Å². The van der Waals surface area contributed by atoms with Crippen LogP contribution in [-0.4, -0.2) is 11.5 Å². The fraction of sp³-hybridized carbons (Fsp3) is 0.250. The first-order valence-corrected chi connectivity index (χ1v) is 7.22. The predicted molar refractivity (Wildman–Crippen MR) is 84.6 cm³/mol. The van der Waals surface area contributed by atoms with Crippen LogP contribution in [0, 0.1) is 10.1 Å². The lowest BCUT2D eigenvalue weighted by atomic mass is 10.1. The molecule has 0 amide bonds. The molecule has 0 spiro atoms.